The van der Waals surface area contributed by atoms with Crippen LogP contribution in [0.3, 0.4) is 0 Å². The van der Waals surface area contributed by atoms with Crippen LogP contribution in [0.1, 0.15) is 26.7 Å². The molecule has 0 aromatic carbocycles. The number of allylic oxidation sites excluding steroid dienone is 1. The summed E-state index contributed by atoms with van der Waals surface area (Å²) in [7, 11) is 1.68. The van der Waals surface area contributed by atoms with Gasteiger partial charge in [-0.1, -0.05) is 20.3 Å². The molecule has 0 spiro atoms. The van der Waals surface area contributed by atoms with Gasteiger partial charge in [-0.15, -0.1) is 0 Å². The molecule has 1 unspecified atom stereocenters. The lowest BCUT2D eigenvalue weighted by molar-refractivity contribution is 0.481. The second kappa shape index (κ2) is 7.32. The predicted molar refractivity (Wildman–Crippen MR) is 48.7 cm³/mol. The van der Waals surface area contributed by atoms with Gasteiger partial charge in [-0.2, -0.15) is 0 Å². The van der Waals surface area contributed by atoms with E-state index in [1.54, 1.807) is 13.3 Å². The first-order valence-electron chi connectivity index (χ1n) is 4.04. The molecule has 0 aromatic rings. The molecule has 0 aliphatic carbocycles. The van der Waals surface area contributed by atoms with Crippen LogP contribution in [0.2, 0.25) is 0 Å². The molecule has 0 saturated carbocycles. The highest BCUT2D eigenvalue weighted by atomic mass is 16.5. The van der Waals surface area contributed by atoms with Crippen LogP contribution in [-0.4, -0.2) is 13.4 Å². The zero-order valence-electron chi connectivity index (χ0n) is 7.58. The van der Waals surface area contributed by atoms with Crippen molar-refractivity contribution in [2.45, 2.75) is 26.7 Å². The number of hydrogen-bond acceptors (Lipinski definition) is 2. The second-order valence-electron chi connectivity index (χ2n) is 2.59. The summed E-state index contributed by atoms with van der Waals surface area (Å²) in [6.45, 7) is 4.35. The number of hydrogen-bond donors (Lipinski definition) is 0. The standard InChI is InChI=1S/C9H17NO/c1-4-5-9(2)6-7-11-8-10-3/h6-9H,4-5H2,1-3H3/b7-6+,10-8-. The molecule has 0 radical (unpaired) electrons. The fourth-order valence-electron chi connectivity index (χ4n) is 0.827. The summed E-state index contributed by atoms with van der Waals surface area (Å²) in [6, 6.07) is 0. The van der Waals surface area contributed by atoms with Gasteiger partial charge in [0.15, 0.2) is 6.40 Å². The molecular formula is C9H17NO. The third kappa shape index (κ3) is 7.10. The number of aliphatic imine (C=N–C) groups is 1. The van der Waals surface area contributed by atoms with Crippen LogP contribution in [0.5, 0.6) is 0 Å². The first-order valence-corrected chi connectivity index (χ1v) is 4.04. The zero-order chi connectivity index (χ0) is 8.53. The molecule has 0 saturated heterocycles. The Labute approximate surface area is 69.0 Å². The normalized spacial score (nSPS) is 14.5. The predicted octanol–water partition coefficient (Wildman–Crippen LogP) is 2.61. The molecule has 0 aliphatic heterocycles. The minimum atomic E-state index is 0.602. The molecule has 1 atom stereocenters. The van der Waals surface area contributed by atoms with Gasteiger partial charge in [0.25, 0.3) is 0 Å². The van der Waals surface area contributed by atoms with Gasteiger partial charge in [0, 0.05) is 7.05 Å². The van der Waals surface area contributed by atoms with Crippen molar-refractivity contribution in [3.8, 4) is 0 Å². The Morgan fingerprint density at radius 1 is 1.55 bits per heavy atom. The SMILES string of the molecule is CCCC(C)/C=C/O/C=N\C. The first kappa shape index (κ1) is 10.2. The average Bonchev–Trinajstić information content (AvgIpc) is 1.99. The Bertz CT molecular complexity index is 130. The molecular weight excluding hydrogens is 138 g/mol. The lowest BCUT2D eigenvalue weighted by Gasteiger charge is -2.00. The van der Waals surface area contributed by atoms with Crippen LogP contribution in [0, 0.1) is 5.92 Å². The van der Waals surface area contributed by atoms with E-state index in [4.69, 9.17) is 4.74 Å². The highest BCUT2D eigenvalue weighted by molar-refractivity contribution is 5.46. The van der Waals surface area contributed by atoms with Crippen molar-refractivity contribution >= 4 is 6.40 Å². The van der Waals surface area contributed by atoms with Crippen LogP contribution in [-0.2, 0) is 4.74 Å². The molecule has 0 N–H and O–H groups in total. The van der Waals surface area contributed by atoms with Crippen LogP contribution in [0.25, 0.3) is 0 Å². The van der Waals surface area contributed by atoms with Crippen LogP contribution in [0.15, 0.2) is 17.3 Å². The van der Waals surface area contributed by atoms with Crippen LogP contribution < -0.4 is 0 Å². The molecule has 11 heavy (non-hydrogen) atoms. The quantitative estimate of drug-likeness (QED) is 0.340. The van der Waals surface area contributed by atoms with Crippen LogP contribution >= 0.6 is 0 Å². The van der Waals surface area contributed by atoms with Crippen molar-refractivity contribution in [3.63, 3.8) is 0 Å². The monoisotopic (exact) mass is 155 g/mol. The van der Waals surface area contributed by atoms with E-state index in [1.165, 1.54) is 19.2 Å². The van der Waals surface area contributed by atoms with Gasteiger partial charge in [0.05, 0.1) is 6.26 Å². The maximum absolute atomic E-state index is 4.93. The highest BCUT2D eigenvalue weighted by Gasteiger charge is 1.92. The second-order valence-corrected chi connectivity index (χ2v) is 2.59. The number of rotatable bonds is 5. The highest BCUT2D eigenvalue weighted by Crippen LogP contribution is 2.05. The fraction of sp³-hybridized carbons (Fsp3) is 0.667. The minimum Gasteiger partial charge on any atom is -0.454 e. The molecule has 0 aromatic heterocycles. The van der Waals surface area contributed by atoms with E-state index >= 15 is 0 Å². The van der Waals surface area contributed by atoms with Crippen molar-refractivity contribution in [2.24, 2.45) is 10.9 Å². The lowest BCUT2D eigenvalue weighted by atomic mass is 10.1. The summed E-state index contributed by atoms with van der Waals surface area (Å²) >= 11 is 0. The van der Waals surface area contributed by atoms with E-state index in [2.05, 4.69) is 18.8 Å². The molecule has 0 aliphatic rings. The number of nitrogens with zero attached hydrogens (tertiary/aromatic N) is 1. The largest absolute Gasteiger partial charge is 0.454 e. The van der Waals surface area contributed by atoms with Crippen molar-refractivity contribution in [2.75, 3.05) is 7.05 Å². The van der Waals surface area contributed by atoms with Gasteiger partial charge >= 0.3 is 0 Å². The summed E-state index contributed by atoms with van der Waals surface area (Å²) in [4.78, 5) is 3.68. The third-order valence-electron chi connectivity index (χ3n) is 1.40. The molecule has 0 amide bonds. The van der Waals surface area contributed by atoms with Crippen LogP contribution in [0.4, 0.5) is 0 Å². The van der Waals surface area contributed by atoms with E-state index in [0.29, 0.717) is 5.92 Å². The molecule has 0 fully saturated rings. The Balaban J connectivity index is 3.39. The fourth-order valence-corrected chi connectivity index (χ4v) is 0.827. The topological polar surface area (TPSA) is 21.6 Å². The van der Waals surface area contributed by atoms with Gasteiger partial charge in [0.2, 0.25) is 0 Å². The Morgan fingerprint density at radius 2 is 2.27 bits per heavy atom. The van der Waals surface area contributed by atoms with Gasteiger partial charge in [-0.3, -0.25) is 4.99 Å². The Kier molecular flexibility index (Phi) is 6.79. The Morgan fingerprint density at radius 3 is 2.82 bits per heavy atom. The van der Waals surface area contributed by atoms with E-state index in [0.717, 1.165) is 0 Å². The molecule has 0 rings (SSSR count). The van der Waals surface area contributed by atoms with Crippen molar-refractivity contribution in [1.82, 2.24) is 0 Å². The molecule has 0 heterocycles. The summed E-state index contributed by atoms with van der Waals surface area (Å²) in [6.07, 6.45) is 7.59. The van der Waals surface area contributed by atoms with Gasteiger partial charge < -0.3 is 4.74 Å². The summed E-state index contributed by atoms with van der Waals surface area (Å²) in [5.41, 5.74) is 0. The average molecular weight is 155 g/mol. The molecule has 2 heteroatoms. The maximum Gasteiger partial charge on any atom is 0.175 e. The first-order chi connectivity index (χ1) is 5.31. The minimum absolute atomic E-state index is 0.602. The summed E-state index contributed by atoms with van der Waals surface area (Å²) < 4.78 is 4.93. The lowest BCUT2D eigenvalue weighted by Crippen LogP contribution is -1.87. The van der Waals surface area contributed by atoms with Gasteiger partial charge in [-0.25, -0.2) is 0 Å². The Hall–Kier alpha value is -0.790. The van der Waals surface area contributed by atoms with Crippen molar-refractivity contribution < 1.29 is 4.74 Å². The van der Waals surface area contributed by atoms with E-state index in [9.17, 15) is 0 Å². The smallest absolute Gasteiger partial charge is 0.175 e. The van der Waals surface area contributed by atoms with E-state index in [1.807, 2.05) is 6.08 Å². The zero-order valence-corrected chi connectivity index (χ0v) is 7.58. The van der Waals surface area contributed by atoms with E-state index < -0.39 is 0 Å². The van der Waals surface area contributed by atoms with Crippen molar-refractivity contribution in [1.29, 1.82) is 0 Å². The van der Waals surface area contributed by atoms with E-state index in [-0.39, 0.29) is 0 Å². The third-order valence-corrected chi connectivity index (χ3v) is 1.40. The maximum atomic E-state index is 4.93. The molecule has 2 nitrogen and oxygen atoms in total. The molecule has 0 bridgehead atoms. The van der Waals surface area contributed by atoms with Gasteiger partial charge in [0.1, 0.15) is 0 Å². The molecule has 64 valence electrons. The summed E-state index contributed by atoms with van der Waals surface area (Å²) in [5.74, 6) is 0.602. The van der Waals surface area contributed by atoms with Crippen molar-refractivity contribution in [3.05, 3.63) is 12.3 Å². The van der Waals surface area contributed by atoms with Gasteiger partial charge in [-0.05, 0) is 18.4 Å². The summed E-state index contributed by atoms with van der Waals surface area (Å²) in [5, 5.41) is 0. The number of ether oxygens (including phenoxy) is 1.